The van der Waals surface area contributed by atoms with Gasteiger partial charge in [0.25, 0.3) is 0 Å². The number of hydrogen-bond donors (Lipinski definition) is 1. The van der Waals surface area contributed by atoms with Gasteiger partial charge in [0, 0.05) is 57.8 Å². The van der Waals surface area contributed by atoms with Gasteiger partial charge in [-0.2, -0.15) is 4.98 Å². The number of nitrogens with zero attached hydrogens (tertiary/aromatic N) is 3. The number of pyridine rings is 1. The number of halogens is 1. The van der Waals surface area contributed by atoms with Crippen LogP contribution in [0.25, 0.3) is 11.4 Å². The molecule has 0 saturated carbocycles. The molecule has 0 unspecified atom stereocenters. The van der Waals surface area contributed by atoms with Gasteiger partial charge in [-0.25, -0.2) is 9.97 Å². The predicted octanol–water partition coefficient (Wildman–Crippen LogP) is 2.60. The lowest BCUT2D eigenvalue weighted by molar-refractivity contribution is -0.136. The maximum absolute atomic E-state index is 5.98. The number of ether oxygens (including phenoxy) is 2. The van der Waals surface area contributed by atoms with Gasteiger partial charge in [-0.3, -0.25) is 0 Å². The third-order valence-corrected chi connectivity index (χ3v) is 3.94. The minimum atomic E-state index is -0.769. The van der Waals surface area contributed by atoms with Gasteiger partial charge >= 0.3 is 0 Å². The molecule has 0 aliphatic carbocycles. The number of aromatic nitrogens is 3. The second kappa shape index (κ2) is 6.39. The van der Waals surface area contributed by atoms with Crippen LogP contribution < -0.4 is 10.1 Å². The van der Waals surface area contributed by atoms with Crippen LogP contribution >= 0.6 is 11.6 Å². The van der Waals surface area contributed by atoms with E-state index in [4.69, 9.17) is 21.1 Å². The number of hydrogen-bond acceptors (Lipinski definition) is 6. The van der Waals surface area contributed by atoms with Crippen molar-refractivity contribution in [2.75, 3.05) is 13.7 Å². The number of rotatable bonds is 4. The van der Waals surface area contributed by atoms with Crippen molar-refractivity contribution in [1.29, 1.82) is 0 Å². The molecule has 3 rings (SSSR count). The Kier molecular flexibility index (Phi) is 4.48. The second-order valence-corrected chi connectivity index (χ2v) is 6.17. The molecule has 0 amide bonds. The molecule has 1 N–H and O–H groups in total. The highest BCUT2D eigenvalue weighted by molar-refractivity contribution is 6.29. The van der Waals surface area contributed by atoms with Gasteiger partial charge in [0.1, 0.15) is 5.15 Å². The molecule has 0 aromatic carbocycles. The van der Waals surface area contributed by atoms with E-state index in [0.717, 1.165) is 29.8 Å². The average Bonchev–Trinajstić information content (AvgIpc) is 2.55. The quantitative estimate of drug-likeness (QED) is 0.684. The minimum absolute atomic E-state index is 0.438. The molecule has 6 nitrogen and oxygen atoms in total. The first-order valence-electron chi connectivity index (χ1n) is 7.45. The summed E-state index contributed by atoms with van der Waals surface area (Å²) in [5.41, 5.74) is 2.77. The van der Waals surface area contributed by atoms with Crippen LogP contribution in [0.3, 0.4) is 0 Å². The lowest BCUT2D eigenvalue weighted by atomic mass is 10.1. The summed E-state index contributed by atoms with van der Waals surface area (Å²) in [6, 6.07) is 3.57. The summed E-state index contributed by atoms with van der Waals surface area (Å²) >= 11 is 5.85. The zero-order valence-corrected chi connectivity index (χ0v) is 14.1. The monoisotopic (exact) mass is 334 g/mol. The van der Waals surface area contributed by atoms with Crippen molar-refractivity contribution in [3.63, 3.8) is 0 Å². The van der Waals surface area contributed by atoms with Crippen LogP contribution in [0.5, 0.6) is 5.88 Å². The van der Waals surface area contributed by atoms with Gasteiger partial charge < -0.3 is 14.8 Å². The van der Waals surface area contributed by atoms with Crippen molar-refractivity contribution < 1.29 is 9.47 Å². The van der Waals surface area contributed by atoms with E-state index < -0.39 is 5.79 Å². The maximum atomic E-state index is 5.98. The SMILES string of the molecule is COC(C)(C)Oc1nc(-c2ccc(Cl)nc2)nc2c1CNCC2. The second-order valence-electron chi connectivity index (χ2n) is 5.78. The predicted molar refractivity (Wildman–Crippen MR) is 87.4 cm³/mol. The van der Waals surface area contributed by atoms with E-state index in [1.807, 2.05) is 19.9 Å². The Bertz CT molecular complexity index is 704. The molecule has 1 aliphatic rings. The van der Waals surface area contributed by atoms with E-state index in [-0.39, 0.29) is 0 Å². The first kappa shape index (κ1) is 16.1. The molecule has 0 atom stereocenters. The van der Waals surface area contributed by atoms with E-state index in [2.05, 4.69) is 20.3 Å². The summed E-state index contributed by atoms with van der Waals surface area (Å²) in [7, 11) is 1.61. The zero-order chi connectivity index (χ0) is 16.4. The molecular formula is C16H19ClN4O2. The van der Waals surface area contributed by atoms with Crippen LogP contribution in [0.1, 0.15) is 25.1 Å². The van der Waals surface area contributed by atoms with E-state index in [9.17, 15) is 0 Å². The highest BCUT2D eigenvalue weighted by atomic mass is 35.5. The number of nitrogens with one attached hydrogen (secondary N) is 1. The Balaban J connectivity index is 2.06. The third kappa shape index (κ3) is 3.60. The summed E-state index contributed by atoms with van der Waals surface area (Å²) in [4.78, 5) is 13.4. The third-order valence-electron chi connectivity index (χ3n) is 3.71. The topological polar surface area (TPSA) is 69.2 Å². The number of fused-ring (bicyclic) bond motifs is 1. The molecule has 1 aliphatic heterocycles. The number of methoxy groups -OCH3 is 1. The van der Waals surface area contributed by atoms with Crippen LogP contribution in [0, 0.1) is 0 Å². The van der Waals surface area contributed by atoms with E-state index in [0.29, 0.717) is 23.4 Å². The zero-order valence-electron chi connectivity index (χ0n) is 13.4. The van der Waals surface area contributed by atoms with Crippen molar-refractivity contribution in [2.45, 2.75) is 32.6 Å². The summed E-state index contributed by atoms with van der Waals surface area (Å²) in [6.45, 7) is 5.27. The van der Waals surface area contributed by atoms with Gasteiger partial charge in [-0.05, 0) is 12.1 Å². The maximum Gasteiger partial charge on any atom is 0.224 e. The van der Waals surface area contributed by atoms with Crippen LogP contribution in [0.15, 0.2) is 18.3 Å². The highest BCUT2D eigenvalue weighted by Crippen LogP contribution is 2.29. The first-order valence-corrected chi connectivity index (χ1v) is 7.83. The fourth-order valence-electron chi connectivity index (χ4n) is 2.31. The molecule has 2 aromatic heterocycles. The molecule has 0 radical (unpaired) electrons. The smallest absolute Gasteiger partial charge is 0.224 e. The van der Waals surface area contributed by atoms with Gasteiger partial charge in [0.2, 0.25) is 11.7 Å². The molecule has 7 heteroatoms. The molecule has 0 saturated heterocycles. The lowest BCUT2D eigenvalue weighted by Crippen LogP contribution is -2.33. The Morgan fingerprint density at radius 2 is 2.09 bits per heavy atom. The van der Waals surface area contributed by atoms with Gasteiger partial charge in [0.05, 0.1) is 5.69 Å². The van der Waals surface area contributed by atoms with Crippen molar-refractivity contribution in [3.8, 4) is 17.3 Å². The lowest BCUT2D eigenvalue weighted by Gasteiger charge is -2.27. The molecule has 3 heterocycles. The Morgan fingerprint density at radius 3 is 2.78 bits per heavy atom. The fourth-order valence-corrected chi connectivity index (χ4v) is 2.42. The molecule has 0 bridgehead atoms. The van der Waals surface area contributed by atoms with Crippen LogP contribution in [-0.2, 0) is 17.7 Å². The molecule has 0 spiro atoms. The van der Waals surface area contributed by atoms with E-state index in [1.165, 1.54) is 0 Å². The van der Waals surface area contributed by atoms with Gasteiger partial charge in [-0.1, -0.05) is 11.6 Å². The minimum Gasteiger partial charge on any atom is -0.445 e. The Hall–Kier alpha value is -1.76. The molecule has 2 aromatic rings. The normalized spacial score (nSPS) is 14.4. The largest absolute Gasteiger partial charge is 0.445 e. The summed E-state index contributed by atoms with van der Waals surface area (Å²) in [5, 5.41) is 3.76. The summed E-state index contributed by atoms with van der Waals surface area (Å²) < 4.78 is 11.3. The molecule has 0 fully saturated rings. The van der Waals surface area contributed by atoms with E-state index >= 15 is 0 Å². The Morgan fingerprint density at radius 1 is 1.26 bits per heavy atom. The van der Waals surface area contributed by atoms with Crippen LogP contribution in [0.2, 0.25) is 5.15 Å². The van der Waals surface area contributed by atoms with Gasteiger partial charge in [0.15, 0.2) is 5.82 Å². The van der Waals surface area contributed by atoms with E-state index in [1.54, 1.807) is 19.4 Å². The summed E-state index contributed by atoms with van der Waals surface area (Å²) in [5.74, 6) is 0.352. The molecule has 23 heavy (non-hydrogen) atoms. The fraction of sp³-hybridized carbons (Fsp3) is 0.438. The highest BCUT2D eigenvalue weighted by Gasteiger charge is 2.25. The van der Waals surface area contributed by atoms with Crippen LogP contribution in [0.4, 0.5) is 0 Å². The van der Waals surface area contributed by atoms with Gasteiger partial charge in [-0.15, -0.1) is 0 Å². The van der Waals surface area contributed by atoms with Crippen LogP contribution in [-0.4, -0.2) is 34.4 Å². The molecular weight excluding hydrogens is 316 g/mol. The molecule has 122 valence electrons. The first-order chi connectivity index (χ1) is 11.0. The Labute approximate surface area is 140 Å². The average molecular weight is 335 g/mol. The van der Waals surface area contributed by atoms with Crippen molar-refractivity contribution in [1.82, 2.24) is 20.3 Å². The standard InChI is InChI=1S/C16H19ClN4O2/c1-16(2,22-3)23-15-11-9-18-7-6-12(11)20-14(21-15)10-4-5-13(17)19-8-10/h4-5,8,18H,6-7,9H2,1-3H3. The van der Waals surface area contributed by atoms with Crippen molar-refractivity contribution >= 4 is 11.6 Å². The van der Waals surface area contributed by atoms with Crippen molar-refractivity contribution in [3.05, 3.63) is 34.7 Å². The summed E-state index contributed by atoms with van der Waals surface area (Å²) in [6.07, 6.45) is 2.49. The van der Waals surface area contributed by atoms with Crippen molar-refractivity contribution in [2.24, 2.45) is 0 Å².